The summed E-state index contributed by atoms with van der Waals surface area (Å²) in [7, 11) is 1.58. The van der Waals surface area contributed by atoms with Crippen LogP contribution in [0.25, 0.3) is 0 Å². The van der Waals surface area contributed by atoms with Crippen LogP contribution >= 0.6 is 23.2 Å². The monoisotopic (exact) mass is 341 g/mol. The molecule has 0 bridgehead atoms. The second-order valence-corrected chi connectivity index (χ2v) is 6.07. The highest BCUT2D eigenvalue weighted by molar-refractivity contribution is 6.35. The lowest BCUT2D eigenvalue weighted by atomic mass is 10.1. The van der Waals surface area contributed by atoms with Gasteiger partial charge in [0.15, 0.2) is 0 Å². The first-order valence-electron chi connectivity index (χ1n) is 6.62. The van der Waals surface area contributed by atoms with Crippen LogP contribution in [0, 0.1) is 6.92 Å². The third-order valence-electron chi connectivity index (χ3n) is 3.75. The molecule has 1 aromatic heterocycles. The number of carbonyl (C=O) groups excluding carboxylic acids is 1. The van der Waals surface area contributed by atoms with E-state index in [-0.39, 0.29) is 5.82 Å². The van der Waals surface area contributed by atoms with Gasteiger partial charge >= 0.3 is 0 Å². The minimum Gasteiger partial charge on any atom is -0.390 e. The number of amides is 1. The fourth-order valence-electron chi connectivity index (χ4n) is 2.77. The van der Waals surface area contributed by atoms with Crippen LogP contribution in [0.2, 0.25) is 10.0 Å². The van der Waals surface area contributed by atoms with Gasteiger partial charge in [0.25, 0.3) is 11.7 Å². The smallest absolute Gasteiger partial charge is 0.295 e. The highest BCUT2D eigenvalue weighted by atomic mass is 35.5. The topological polar surface area (TPSA) is 79.5 Å². The largest absolute Gasteiger partial charge is 0.390 e. The van der Waals surface area contributed by atoms with Gasteiger partial charge < -0.3 is 14.5 Å². The second kappa shape index (κ2) is 5.53. The maximum Gasteiger partial charge on any atom is 0.295 e. The number of nitrogens with zero attached hydrogens (tertiary/aromatic N) is 3. The van der Waals surface area contributed by atoms with Gasteiger partial charge in [-0.05, 0) is 23.3 Å². The van der Waals surface area contributed by atoms with E-state index in [1.165, 1.54) is 4.90 Å². The molecule has 8 heteroatoms. The number of likely N-dealkylation sites (N-methyl/N-ethyl adjacent to an activating group) is 1. The minimum absolute atomic E-state index is 0.0474. The Morgan fingerprint density at radius 2 is 2.18 bits per heavy atom. The molecule has 2 atom stereocenters. The molecule has 1 heterocycles. The van der Waals surface area contributed by atoms with Crippen molar-refractivity contribution in [3.63, 3.8) is 0 Å². The first-order valence-corrected chi connectivity index (χ1v) is 7.37. The van der Waals surface area contributed by atoms with Crippen LogP contribution in [0.5, 0.6) is 0 Å². The maximum absolute atomic E-state index is 12.4. The van der Waals surface area contributed by atoms with Crippen LogP contribution in [0.3, 0.4) is 0 Å². The second-order valence-electron chi connectivity index (χ2n) is 5.22. The molecule has 1 aliphatic rings. The Morgan fingerprint density at radius 1 is 1.45 bits per heavy atom. The van der Waals surface area contributed by atoms with Crippen molar-refractivity contribution in [2.24, 2.45) is 0 Å². The van der Waals surface area contributed by atoms with Crippen molar-refractivity contribution in [1.82, 2.24) is 15.0 Å². The van der Waals surface area contributed by atoms with E-state index < -0.39 is 18.1 Å². The van der Waals surface area contributed by atoms with Gasteiger partial charge in [-0.2, -0.15) is 4.98 Å². The number of hydrogen-bond donors (Lipinski definition) is 1. The zero-order valence-corrected chi connectivity index (χ0v) is 13.4. The van der Waals surface area contributed by atoms with Gasteiger partial charge in [-0.3, -0.25) is 4.79 Å². The summed E-state index contributed by atoms with van der Waals surface area (Å²) in [5.74, 6) is -0.186. The van der Waals surface area contributed by atoms with Gasteiger partial charge in [-0.25, -0.2) is 0 Å². The quantitative estimate of drug-likeness (QED) is 0.907. The Kier molecular flexibility index (Phi) is 3.84. The van der Waals surface area contributed by atoms with E-state index in [1.54, 1.807) is 26.1 Å². The summed E-state index contributed by atoms with van der Waals surface area (Å²) in [6.07, 6.45) is -0.410. The summed E-state index contributed by atoms with van der Waals surface area (Å²) in [5.41, 5.74) is 1.54. The lowest BCUT2D eigenvalue weighted by Crippen LogP contribution is -2.36. The molecule has 22 heavy (non-hydrogen) atoms. The predicted octanol–water partition coefficient (Wildman–Crippen LogP) is 2.42. The highest BCUT2D eigenvalue weighted by Crippen LogP contribution is 2.41. The lowest BCUT2D eigenvalue weighted by molar-refractivity contribution is 0.0484. The lowest BCUT2D eigenvalue weighted by Gasteiger charge is -2.27. The van der Waals surface area contributed by atoms with E-state index in [1.807, 2.05) is 0 Å². The third-order valence-corrected chi connectivity index (χ3v) is 4.30. The fraction of sp³-hybridized carbons (Fsp3) is 0.357. The van der Waals surface area contributed by atoms with Crippen LogP contribution in [-0.4, -0.2) is 39.2 Å². The van der Waals surface area contributed by atoms with Crippen LogP contribution in [0.15, 0.2) is 16.7 Å². The number of aryl methyl sites for hydroxylation is 1. The van der Waals surface area contributed by atoms with Crippen molar-refractivity contribution in [3.8, 4) is 0 Å². The number of benzene rings is 1. The first-order chi connectivity index (χ1) is 10.4. The van der Waals surface area contributed by atoms with Crippen molar-refractivity contribution in [2.75, 3.05) is 7.05 Å². The van der Waals surface area contributed by atoms with Gasteiger partial charge in [0.1, 0.15) is 0 Å². The standard InChI is InChI=1S/C14H13Cl2N3O3/c1-6-17-13(18-22-6)14(21)19(2)12-9-3-7(15)4-10(16)8(9)5-11(12)20/h3-4,11-12,20H,5H2,1-2H3/t11-,12-/m1/s1. The molecule has 116 valence electrons. The average molecular weight is 342 g/mol. The van der Waals surface area contributed by atoms with E-state index in [4.69, 9.17) is 27.7 Å². The van der Waals surface area contributed by atoms with Crippen molar-refractivity contribution >= 4 is 29.1 Å². The zero-order chi connectivity index (χ0) is 16.0. The molecule has 3 rings (SSSR count). The highest BCUT2D eigenvalue weighted by Gasteiger charge is 2.38. The van der Waals surface area contributed by atoms with Crippen molar-refractivity contribution < 1.29 is 14.4 Å². The Balaban J connectivity index is 1.97. The van der Waals surface area contributed by atoms with Gasteiger partial charge in [0, 0.05) is 30.4 Å². The molecule has 2 aromatic rings. The number of halogens is 2. The molecule has 1 aliphatic carbocycles. The van der Waals surface area contributed by atoms with E-state index in [9.17, 15) is 9.90 Å². The van der Waals surface area contributed by atoms with Gasteiger partial charge in [-0.15, -0.1) is 0 Å². The molecule has 0 spiro atoms. The van der Waals surface area contributed by atoms with E-state index >= 15 is 0 Å². The first kappa shape index (κ1) is 15.3. The van der Waals surface area contributed by atoms with E-state index in [0.717, 1.165) is 11.1 Å². The number of aliphatic hydroxyl groups excluding tert-OH is 1. The van der Waals surface area contributed by atoms with Gasteiger partial charge in [0.2, 0.25) is 5.89 Å². The number of aliphatic hydroxyl groups is 1. The number of carbonyl (C=O) groups is 1. The minimum atomic E-state index is -0.770. The predicted molar refractivity (Wildman–Crippen MR) is 80.0 cm³/mol. The average Bonchev–Trinajstić information content (AvgIpc) is 3.01. The van der Waals surface area contributed by atoms with Gasteiger partial charge in [-0.1, -0.05) is 28.4 Å². The summed E-state index contributed by atoms with van der Waals surface area (Å²) in [6.45, 7) is 1.60. The van der Waals surface area contributed by atoms with Gasteiger partial charge in [0.05, 0.1) is 12.1 Å². The van der Waals surface area contributed by atoms with Crippen LogP contribution in [0.1, 0.15) is 33.7 Å². The molecule has 0 aliphatic heterocycles. The van der Waals surface area contributed by atoms with E-state index in [0.29, 0.717) is 22.4 Å². The Morgan fingerprint density at radius 3 is 2.82 bits per heavy atom. The van der Waals surface area contributed by atoms with Crippen molar-refractivity contribution in [2.45, 2.75) is 25.5 Å². The summed E-state index contributed by atoms with van der Waals surface area (Å²) < 4.78 is 4.82. The Hall–Kier alpha value is -1.63. The fourth-order valence-corrected chi connectivity index (χ4v) is 3.35. The molecule has 0 saturated carbocycles. The molecular formula is C14H13Cl2N3O3. The SMILES string of the molecule is Cc1nc(C(=O)N(C)[C@@H]2c3cc(Cl)cc(Cl)c3C[C@H]2O)no1. The number of hydrogen-bond acceptors (Lipinski definition) is 5. The maximum atomic E-state index is 12.4. The molecule has 0 fully saturated rings. The summed E-state index contributed by atoms with van der Waals surface area (Å²) in [6, 6.07) is 2.79. The summed E-state index contributed by atoms with van der Waals surface area (Å²) in [5, 5.41) is 14.9. The van der Waals surface area contributed by atoms with Crippen LogP contribution in [0.4, 0.5) is 0 Å². The number of rotatable bonds is 2. The van der Waals surface area contributed by atoms with Crippen LogP contribution in [-0.2, 0) is 6.42 Å². The normalized spacial score (nSPS) is 20.0. The number of fused-ring (bicyclic) bond motifs is 1. The zero-order valence-electron chi connectivity index (χ0n) is 11.9. The molecule has 0 radical (unpaired) electrons. The summed E-state index contributed by atoms with van der Waals surface area (Å²) >= 11 is 12.2. The van der Waals surface area contributed by atoms with Crippen LogP contribution < -0.4 is 0 Å². The molecule has 1 amide bonds. The molecule has 0 saturated heterocycles. The Labute approximate surface area is 136 Å². The molecule has 0 unspecified atom stereocenters. The van der Waals surface area contributed by atoms with Crippen molar-refractivity contribution in [3.05, 3.63) is 45.0 Å². The molecular weight excluding hydrogens is 329 g/mol. The number of aromatic nitrogens is 2. The molecule has 1 aromatic carbocycles. The Bertz CT molecular complexity index is 747. The van der Waals surface area contributed by atoms with Crippen molar-refractivity contribution in [1.29, 1.82) is 0 Å². The third kappa shape index (κ3) is 2.47. The van der Waals surface area contributed by atoms with E-state index in [2.05, 4.69) is 10.1 Å². The summed E-state index contributed by atoms with van der Waals surface area (Å²) in [4.78, 5) is 17.7. The molecule has 6 nitrogen and oxygen atoms in total. The molecule has 1 N–H and O–H groups in total.